The number of phosphoric acid groups is 2. The zero-order valence-electron chi connectivity index (χ0n) is 41.5. The molecule has 1 rings (SSSR count). The molecule has 19 heteroatoms. The topological polar surface area (TPSA) is 276 Å². The number of carbonyl (C=O) groups is 2. The molecule has 1 aliphatic carbocycles. The summed E-state index contributed by atoms with van der Waals surface area (Å²) in [5, 5.41) is 51.6. The Morgan fingerprint density at radius 3 is 1.57 bits per heavy atom. The summed E-state index contributed by atoms with van der Waals surface area (Å²) in [6.07, 6.45) is 32.6. The maximum absolute atomic E-state index is 13.0. The average Bonchev–Trinajstić information content (AvgIpc) is 3.31. The minimum Gasteiger partial charge on any atom is -0.462 e. The van der Waals surface area contributed by atoms with Crippen molar-refractivity contribution in [3.63, 3.8) is 0 Å². The van der Waals surface area contributed by atoms with Gasteiger partial charge in [-0.25, -0.2) is 9.13 Å². The first-order valence-electron chi connectivity index (χ1n) is 25.2. The summed E-state index contributed by atoms with van der Waals surface area (Å²) in [7, 11) is -10.8. The molecule has 0 heterocycles. The average molecular weight is 1030 g/mol. The molecule has 6 unspecified atom stereocenters. The van der Waals surface area contributed by atoms with Gasteiger partial charge in [0, 0.05) is 12.8 Å². The Morgan fingerprint density at radius 1 is 0.529 bits per heavy atom. The molecule has 8 N–H and O–H groups in total. The predicted molar refractivity (Wildman–Crippen MR) is 270 cm³/mol. The largest absolute Gasteiger partial charge is 0.472 e. The number of phosphoric ester groups is 2. The van der Waals surface area contributed by atoms with E-state index in [4.69, 9.17) is 18.5 Å². The van der Waals surface area contributed by atoms with Crippen LogP contribution in [0.15, 0.2) is 85.1 Å². The molecule has 1 aliphatic rings. The van der Waals surface area contributed by atoms with Gasteiger partial charge in [-0.05, 0) is 83.5 Å². The Morgan fingerprint density at radius 2 is 1.00 bits per heavy atom. The molecule has 0 saturated heterocycles. The Balaban J connectivity index is 2.67. The number of carbonyl (C=O) groups excluding carboxylic acids is 2. The van der Waals surface area contributed by atoms with E-state index < -0.39 is 89.6 Å². The van der Waals surface area contributed by atoms with Crippen LogP contribution in [0.4, 0.5) is 0 Å². The maximum Gasteiger partial charge on any atom is 0.472 e. The fourth-order valence-electron chi connectivity index (χ4n) is 7.08. The fraction of sp³-hybridized carbons (Fsp3) is 0.686. The third-order valence-corrected chi connectivity index (χ3v) is 12.5. The van der Waals surface area contributed by atoms with Crippen molar-refractivity contribution in [2.24, 2.45) is 0 Å². The van der Waals surface area contributed by atoms with Crippen LogP contribution in [0.1, 0.15) is 162 Å². The minimum absolute atomic E-state index is 0.0372. The molecule has 0 aliphatic heterocycles. The lowest BCUT2D eigenvalue weighted by Crippen LogP contribution is -2.64. The molecule has 0 spiro atoms. The summed E-state index contributed by atoms with van der Waals surface area (Å²) in [5.74, 6) is -1.45. The zero-order valence-corrected chi connectivity index (χ0v) is 43.3. The van der Waals surface area contributed by atoms with Crippen molar-refractivity contribution < 1.29 is 82.0 Å². The molecule has 0 radical (unpaired) electrons. The lowest BCUT2D eigenvalue weighted by atomic mass is 9.85. The number of rotatable bonds is 41. The van der Waals surface area contributed by atoms with E-state index >= 15 is 0 Å². The highest BCUT2D eigenvalue weighted by Gasteiger charge is 2.54. The molecule has 1 saturated carbocycles. The van der Waals surface area contributed by atoms with Crippen LogP contribution in [0, 0.1) is 0 Å². The van der Waals surface area contributed by atoms with E-state index in [1.54, 1.807) is 12.2 Å². The van der Waals surface area contributed by atoms with Gasteiger partial charge in [-0.3, -0.25) is 23.2 Å². The number of esters is 2. The van der Waals surface area contributed by atoms with Gasteiger partial charge in [-0.15, -0.1) is 0 Å². The summed E-state index contributed by atoms with van der Waals surface area (Å²) in [5.41, 5.74) is 0. The SMILES string of the molecule is CCCCC/C=C\C/C=C\C/C=C\C/C=C\CCCCCC(=O)O[C@H](COC(=O)CCCC(O)/C=C/C=C/C/C=C/CCCCCCCC)COP(=O)(O)O[C@H]1C(O)C(O)C(O)[C@@H](OP(=O)(O)O)C1O. The first kappa shape index (κ1) is 65.2. The maximum atomic E-state index is 13.0. The number of aliphatic hydroxyl groups excluding tert-OH is 5. The van der Waals surface area contributed by atoms with Gasteiger partial charge in [-0.1, -0.05) is 150 Å². The van der Waals surface area contributed by atoms with Gasteiger partial charge in [0.2, 0.25) is 0 Å². The summed E-state index contributed by atoms with van der Waals surface area (Å²) >= 11 is 0. The highest BCUT2D eigenvalue weighted by molar-refractivity contribution is 7.47. The summed E-state index contributed by atoms with van der Waals surface area (Å²) in [4.78, 5) is 54.4. The van der Waals surface area contributed by atoms with Crippen molar-refractivity contribution in [3.05, 3.63) is 85.1 Å². The van der Waals surface area contributed by atoms with Gasteiger partial charge >= 0.3 is 27.6 Å². The molecular formula is C51H86O17P2. The Hall–Kier alpha value is -2.86. The van der Waals surface area contributed by atoms with E-state index in [1.165, 1.54) is 57.8 Å². The number of hydrogen-bond donors (Lipinski definition) is 8. The number of hydrogen-bond acceptors (Lipinski definition) is 14. The number of allylic oxidation sites excluding steroid dienone is 13. The van der Waals surface area contributed by atoms with Crippen LogP contribution >= 0.6 is 15.6 Å². The molecule has 0 amide bonds. The van der Waals surface area contributed by atoms with Gasteiger partial charge in [0.15, 0.2) is 6.10 Å². The predicted octanol–water partition coefficient (Wildman–Crippen LogP) is 9.15. The lowest BCUT2D eigenvalue weighted by Gasteiger charge is -2.43. The monoisotopic (exact) mass is 1030 g/mol. The van der Waals surface area contributed by atoms with Crippen molar-refractivity contribution >= 4 is 27.6 Å². The summed E-state index contributed by atoms with van der Waals surface area (Å²) < 4.78 is 49.3. The van der Waals surface area contributed by atoms with Gasteiger partial charge < -0.3 is 49.7 Å². The van der Waals surface area contributed by atoms with Crippen LogP contribution in [0.25, 0.3) is 0 Å². The van der Waals surface area contributed by atoms with Crippen molar-refractivity contribution in [3.8, 4) is 0 Å². The van der Waals surface area contributed by atoms with Gasteiger partial charge in [0.1, 0.15) is 43.2 Å². The van der Waals surface area contributed by atoms with Crippen LogP contribution in [-0.2, 0) is 41.8 Å². The van der Waals surface area contributed by atoms with E-state index in [-0.39, 0.29) is 25.7 Å². The standard InChI is InChI=1S/C51H86O17P2/c1-3-5-7-9-11-13-15-17-18-19-20-21-22-24-26-28-30-32-34-38-45(54)66-43(41-65-70(62,63)68-51-48(57)46(55)47(56)50(49(51)58)67-69(59,60)61)40-64-44(53)39-35-37-42(52)36-33-31-29-27-25-23-16-14-12-10-8-6-4-2/h11,13,17-18,20-21,23-26,29,31,33,36,42-43,46-52,55-58H,3-10,12,14-16,19,22,27-28,30,32,34-35,37-41H2,1-2H3,(H,62,63)(H2,59,60,61)/b13-11-,18-17-,21-20-,25-23+,26-24-,31-29+,36-33+/t42?,43-,46?,47?,48?,49?,50-,51+/m1/s1. The molecule has 0 aromatic carbocycles. The van der Waals surface area contributed by atoms with Crippen molar-refractivity contribution in [2.45, 2.75) is 210 Å². The lowest BCUT2D eigenvalue weighted by molar-refractivity contribution is -0.216. The molecule has 70 heavy (non-hydrogen) atoms. The second-order valence-corrected chi connectivity index (χ2v) is 20.0. The third-order valence-electron chi connectivity index (χ3n) is 11.0. The highest BCUT2D eigenvalue weighted by atomic mass is 31.2. The number of unbranched alkanes of at least 4 members (excludes halogenated alkanes) is 12. The third kappa shape index (κ3) is 34.5. The molecule has 0 bridgehead atoms. The zero-order chi connectivity index (χ0) is 51.9. The van der Waals surface area contributed by atoms with Gasteiger partial charge in [-0.2, -0.15) is 0 Å². The summed E-state index contributed by atoms with van der Waals surface area (Å²) in [6.45, 7) is 2.89. The molecule has 0 aromatic rings. The fourth-order valence-corrected chi connectivity index (χ4v) is 8.62. The van der Waals surface area contributed by atoms with Crippen LogP contribution in [0.3, 0.4) is 0 Å². The van der Waals surface area contributed by atoms with E-state index in [0.29, 0.717) is 12.8 Å². The second-order valence-electron chi connectivity index (χ2n) is 17.4. The second kappa shape index (κ2) is 40.6. The van der Waals surface area contributed by atoms with Crippen molar-refractivity contribution in [2.75, 3.05) is 13.2 Å². The van der Waals surface area contributed by atoms with Crippen molar-refractivity contribution in [1.29, 1.82) is 0 Å². The van der Waals surface area contributed by atoms with Gasteiger partial charge in [0.05, 0.1) is 12.7 Å². The van der Waals surface area contributed by atoms with Crippen LogP contribution in [0.5, 0.6) is 0 Å². The molecular weight excluding hydrogens is 946 g/mol. The molecule has 9 atom stereocenters. The minimum atomic E-state index is -5.39. The normalized spacial score (nSPS) is 22.1. The summed E-state index contributed by atoms with van der Waals surface area (Å²) in [6, 6.07) is 0. The Kier molecular flexibility index (Phi) is 37.8. The Labute approximate surface area is 416 Å². The van der Waals surface area contributed by atoms with E-state index in [9.17, 15) is 58.9 Å². The number of ether oxygens (including phenoxy) is 2. The van der Waals surface area contributed by atoms with Crippen LogP contribution in [0.2, 0.25) is 0 Å². The molecule has 402 valence electrons. The van der Waals surface area contributed by atoms with Gasteiger partial charge in [0.25, 0.3) is 0 Å². The first-order chi connectivity index (χ1) is 33.5. The molecule has 17 nitrogen and oxygen atoms in total. The quantitative estimate of drug-likeness (QED) is 0.00932. The van der Waals surface area contributed by atoms with E-state index in [0.717, 1.165) is 51.4 Å². The number of aliphatic hydroxyl groups is 5. The molecule has 1 fully saturated rings. The van der Waals surface area contributed by atoms with Crippen LogP contribution < -0.4 is 0 Å². The first-order valence-corrected chi connectivity index (χ1v) is 28.3. The van der Waals surface area contributed by atoms with E-state index in [2.05, 4.69) is 79.1 Å². The smallest absolute Gasteiger partial charge is 0.462 e. The van der Waals surface area contributed by atoms with Crippen LogP contribution in [-0.4, -0.2) is 114 Å². The Bertz CT molecular complexity index is 1690. The van der Waals surface area contributed by atoms with E-state index in [1.807, 2.05) is 12.2 Å². The molecule has 0 aromatic heterocycles. The van der Waals surface area contributed by atoms with Crippen molar-refractivity contribution in [1.82, 2.24) is 0 Å². The highest BCUT2D eigenvalue weighted by Crippen LogP contribution is 2.49.